The minimum Gasteiger partial charge on any atom is -0.477 e. The van der Waals surface area contributed by atoms with Crippen LogP contribution in [0.25, 0.3) is 0 Å². The molecule has 5 nitrogen and oxygen atoms in total. The number of carboxylic acids is 1. The quantitative estimate of drug-likeness (QED) is 0.812. The third kappa shape index (κ3) is 2.13. The van der Waals surface area contributed by atoms with Crippen molar-refractivity contribution < 1.29 is 9.90 Å². The van der Waals surface area contributed by atoms with Crippen LogP contribution >= 0.6 is 0 Å². The fraction of sp³-hybridized carbons (Fsp3) is 0.545. The maximum absolute atomic E-state index is 11.5. The number of hydrogen-bond donors (Lipinski definition) is 2. The zero-order valence-corrected chi connectivity index (χ0v) is 9.70. The van der Waals surface area contributed by atoms with Crippen LogP contribution in [0.3, 0.4) is 0 Å². The lowest BCUT2D eigenvalue weighted by Gasteiger charge is -2.25. The van der Waals surface area contributed by atoms with E-state index in [1.807, 2.05) is 20.8 Å². The molecular formula is C11H16N2O3. The van der Waals surface area contributed by atoms with Gasteiger partial charge in [-0.1, -0.05) is 20.8 Å². The Morgan fingerprint density at radius 3 is 2.44 bits per heavy atom. The largest absolute Gasteiger partial charge is 0.477 e. The Hall–Kier alpha value is -1.65. The fourth-order valence-electron chi connectivity index (χ4n) is 1.44. The molecule has 2 N–H and O–H groups in total. The maximum atomic E-state index is 11.5. The van der Waals surface area contributed by atoms with Crippen molar-refractivity contribution in [1.29, 1.82) is 0 Å². The van der Waals surface area contributed by atoms with E-state index in [-0.39, 0.29) is 11.0 Å². The lowest BCUT2D eigenvalue weighted by Crippen LogP contribution is -2.29. The zero-order valence-electron chi connectivity index (χ0n) is 9.70. The van der Waals surface area contributed by atoms with Crippen LogP contribution in [0, 0.1) is 0 Å². The molecule has 0 spiro atoms. The minimum atomic E-state index is -1.25. The van der Waals surface area contributed by atoms with E-state index >= 15 is 0 Å². The predicted molar refractivity (Wildman–Crippen MR) is 59.8 cm³/mol. The summed E-state index contributed by atoms with van der Waals surface area (Å²) >= 11 is 0. The molecule has 1 rings (SSSR count). The predicted octanol–water partition coefficient (Wildman–Crippen LogP) is 1.55. The first kappa shape index (κ1) is 12.4. The van der Waals surface area contributed by atoms with E-state index in [9.17, 15) is 9.59 Å². The number of hydrogen-bond acceptors (Lipinski definition) is 3. The Balaban J connectivity index is 3.25. The molecule has 0 radical (unpaired) electrons. The first-order valence-electron chi connectivity index (χ1n) is 5.27. The molecular weight excluding hydrogens is 208 g/mol. The fourth-order valence-corrected chi connectivity index (χ4v) is 1.44. The average molecular weight is 224 g/mol. The van der Waals surface area contributed by atoms with Crippen LogP contribution in [0.1, 0.15) is 49.8 Å². The van der Waals surface area contributed by atoms with Crippen molar-refractivity contribution in [2.75, 3.05) is 0 Å². The molecule has 0 aliphatic heterocycles. The number of carbonyl (C=O) groups is 1. The number of nitrogens with zero attached hydrogens (tertiary/aromatic N) is 1. The van der Waals surface area contributed by atoms with Gasteiger partial charge in [0.15, 0.2) is 0 Å². The highest BCUT2D eigenvalue weighted by Crippen LogP contribution is 2.26. The summed E-state index contributed by atoms with van der Waals surface area (Å²) in [6.07, 6.45) is 2.79. The summed E-state index contributed by atoms with van der Waals surface area (Å²) in [6.45, 7) is 6.01. The second-order valence-electron chi connectivity index (χ2n) is 4.05. The summed E-state index contributed by atoms with van der Waals surface area (Å²) in [7, 11) is 0. The molecule has 5 heteroatoms. The van der Waals surface area contributed by atoms with E-state index in [0.29, 0.717) is 5.82 Å². The third-order valence-corrected chi connectivity index (χ3v) is 3.16. The van der Waals surface area contributed by atoms with Gasteiger partial charge in [-0.3, -0.25) is 4.79 Å². The van der Waals surface area contributed by atoms with Gasteiger partial charge in [-0.05, 0) is 12.8 Å². The second kappa shape index (κ2) is 4.47. The van der Waals surface area contributed by atoms with Crippen molar-refractivity contribution >= 4 is 5.97 Å². The summed E-state index contributed by atoms with van der Waals surface area (Å²) < 4.78 is 0. The van der Waals surface area contributed by atoms with Crippen LogP contribution in [0.5, 0.6) is 0 Å². The molecule has 0 saturated carbocycles. The highest BCUT2D eigenvalue weighted by atomic mass is 16.4. The van der Waals surface area contributed by atoms with Crippen molar-refractivity contribution in [3.05, 3.63) is 27.9 Å². The van der Waals surface area contributed by atoms with E-state index in [4.69, 9.17) is 5.11 Å². The van der Waals surface area contributed by atoms with E-state index in [1.165, 1.54) is 0 Å². The number of rotatable bonds is 4. The Labute approximate surface area is 93.5 Å². The van der Waals surface area contributed by atoms with Gasteiger partial charge in [0.2, 0.25) is 0 Å². The van der Waals surface area contributed by atoms with Crippen molar-refractivity contribution in [2.45, 2.75) is 39.0 Å². The maximum Gasteiger partial charge on any atom is 0.342 e. The Kier molecular flexibility index (Phi) is 3.47. The smallest absolute Gasteiger partial charge is 0.342 e. The van der Waals surface area contributed by atoms with E-state index in [2.05, 4.69) is 9.97 Å². The molecule has 0 aliphatic rings. The zero-order chi connectivity index (χ0) is 12.3. The second-order valence-corrected chi connectivity index (χ2v) is 4.05. The first-order chi connectivity index (χ1) is 7.44. The number of carboxylic acid groups (broad SMARTS) is 1. The number of nitrogens with one attached hydrogen (secondary N) is 1. The SMILES string of the molecule is CCC(C)(CC)c1ncc(C(=O)O)c(=O)[nH]1. The van der Waals surface area contributed by atoms with Crippen LogP contribution < -0.4 is 5.56 Å². The van der Waals surface area contributed by atoms with Crippen molar-refractivity contribution in [3.8, 4) is 0 Å². The van der Waals surface area contributed by atoms with Gasteiger partial charge in [0.25, 0.3) is 5.56 Å². The van der Waals surface area contributed by atoms with Crippen LogP contribution in [0.4, 0.5) is 0 Å². The topological polar surface area (TPSA) is 83.0 Å². The molecule has 88 valence electrons. The first-order valence-corrected chi connectivity index (χ1v) is 5.27. The lowest BCUT2D eigenvalue weighted by molar-refractivity contribution is 0.0694. The molecule has 1 heterocycles. The number of aromatic carboxylic acids is 1. The van der Waals surface area contributed by atoms with Crippen LogP contribution in [0.15, 0.2) is 11.0 Å². The molecule has 0 bridgehead atoms. The lowest BCUT2D eigenvalue weighted by atomic mass is 9.84. The van der Waals surface area contributed by atoms with Gasteiger partial charge in [-0.15, -0.1) is 0 Å². The van der Waals surface area contributed by atoms with E-state index < -0.39 is 11.5 Å². The molecule has 0 unspecified atom stereocenters. The Morgan fingerprint density at radius 1 is 1.50 bits per heavy atom. The molecule has 1 aromatic heterocycles. The Bertz CT molecular complexity index is 447. The normalized spacial score (nSPS) is 11.4. The highest BCUT2D eigenvalue weighted by molar-refractivity contribution is 5.86. The molecule has 0 fully saturated rings. The summed E-state index contributed by atoms with van der Waals surface area (Å²) in [5, 5.41) is 8.71. The van der Waals surface area contributed by atoms with Crippen LogP contribution in [-0.4, -0.2) is 21.0 Å². The summed E-state index contributed by atoms with van der Waals surface area (Å²) in [5.41, 5.74) is -1.13. The van der Waals surface area contributed by atoms with Crippen LogP contribution in [0.2, 0.25) is 0 Å². The van der Waals surface area contributed by atoms with Crippen molar-refractivity contribution in [3.63, 3.8) is 0 Å². The van der Waals surface area contributed by atoms with Gasteiger partial charge in [0, 0.05) is 11.6 Å². The number of aromatic amines is 1. The molecule has 0 aliphatic carbocycles. The van der Waals surface area contributed by atoms with Gasteiger partial charge in [-0.25, -0.2) is 9.78 Å². The van der Waals surface area contributed by atoms with E-state index in [1.54, 1.807) is 0 Å². The molecule has 16 heavy (non-hydrogen) atoms. The monoisotopic (exact) mass is 224 g/mol. The molecule has 0 aromatic carbocycles. The summed E-state index contributed by atoms with van der Waals surface area (Å²) in [5.74, 6) is -0.706. The standard InChI is InChI=1S/C11H16N2O3/c1-4-11(3,5-2)10-12-6-7(9(15)16)8(14)13-10/h6H,4-5H2,1-3H3,(H,15,16)(H,12,13,14). The molecule has 0 atom stereocenters. The average Bonchev–Trinajstić information content (AvgIpc) is 2.27. The van der Waals surface area contributed by atoms with Gasteiger partial charge in [-0.2, -0.15) is 0 Å². The van der Waals surface area contributed by atoms with Crippen LogP contribution in [-0.2, 0) is 5.41 Å². The summed E-state index contributed by atoms with van der Waals surface area (Å²) in [4.78, 5) is 28.7. The van der Waals surface area contributed by atoms with E-state index in [0.717, 1.165) is 19.0 Å². The van der Waals surface area contributed by atoms with Crippen molar-refractivity contribution in [2.24, 2.45) is 0 Å². The van der Waals surface area contributed by atoms with Gasteiger partial charge in [0.05, 0.1) is 0 Å². The van der Waals surface area contributed by atoms with Crippen molar-refractivity contribution in [1.82, 2.24) is 9.97 Å². The number of H-pyrrole nitrogens is 1. The van der Waals surface area contributed by atoms with Gasteiger partial charge < -0.3 is 10.1 Å². The van der Waals surface area contributed by atoms with Gasteiger partial charge in [0.1, 0.15) is 11.4 Å². The molecule has 0 saturated heterocycles. The van der Waals surface area contributed by atoms with Gasteiger partial charge >= 0.3 is 5.97 Å². The molecule has 1 aromatic rings. The number of aromatic nitrogens is 2. The Morgan fingerprint density at radius 2 is 2.06 bits per heavy atom. The third-order valence-electron chi connectivity index (χ3n) is 3.16. The minimum absolute atomic E-state index is 0.212. The summed E-state index contributed by atoms with van der Waals surface area (Å²) in [6, 6.07) is 0. The molecule has 0 amide bonds. The highest BCUT2D eigenvalue weighted by Gasteiger charge is 2.25.